The van der Waals surface area contributed by atoms with E-state index in [0.29, 0.717) is 12.2 Å². The number of ether oxygens (including phenoxy) is 1. The molecule has 0 aromatic heterocycles. The number of amides is 1. The molecule has 0 bridgehead atoms. The van der Waals surface area contributed by atoms with Crippen molar-refractivity contribution in [2.45, 2.75) is 6.92 Å². The van der Waals surface area contributed by atoms with Gasteiger partial charge in [-0.15, -0.1) is 0 Å². The Bertz CT molecular complexity index is 719. The highest BCUT2D eigenvalue weighted by molar-refractivity contribution is 8.26. The van der Waals surface area contributed by atoms with Crippen LogP contribution in [0.3, 0.4) is 0 Å². The fourth-order valence-electron chi connectivity index (χ4n) is 1.87. The van der Waals surface area contributed by atoms with Gasteiger partial charge in [0.05, 0.1) is 16.5 Å². The maximum atomic E-state index is 12.2. The second-order valence-electron chi connectivity index (χ2n) is 4.44. The Kier molecular flexibility index (Phi) is 5.51. The molecule has 1 saturated heterocycles. The lowest BCUT2D eigenvalue weighted by Gasteiger charge is -2.10. The van der Waals surface area contributed by atoms with Crippen LogP contribution >= 0.6 is 35.6 Å². The van der Waals surface area contributed by atoms with E-state index in [-0.39, 0.29) is 25.7 Å². The van der Waals surface area contributed by atoms with Crippen LogP contribution in [0.4, 0.5) is 0 Å². The van der Waals surface area contributed by atoms with Crippen molar-refractivity contribution in [1.29, 1.82) is 0 Å². The molecule has 0 aliphatic carbocycles. The number of phenolic OH excluding ortho intramolecular Hbond substituents is 1. The highest BCUT2D eigenvalue weighted by Crippen LogP contribution is 2.38. The molecule has 1 aliphatic rings. The van der Waals surface area contributed by atoms with Gasteiger partial charge in [0.2, 0.25) is 0 Å². The minimum atomic E-state index is -1.14. The van der Waals surface area contributed by atoms with Crippen molar-refractivity contribution in [3.8, 4) is 11.5 Å². The van der Waals surface area contributed by atoms with Crippen LogP contribution in [0, 0.1) is 0 Å². The van der Waals surface area contributed by atoms with Crippen LogP contribution in [0.2, 0.25) is 5.02 Å². The summed E-state index contributed by atoms with van der Waals surface area (Å²) in [5, 5.41) is 18.7. The van der Waals surface area contributed by atoms with Gasteiger partial charge >= 0.3 is 5.97 Å². The Balaban J connectivity index is 2.34. The third-order valence-corrected chi connectivity index (χ3v) is 4.48. The van der Waals surface area contributed by atoms with Gasteiger partial charge in [-0.1, -0.05) is 35.6 Å². The first-order chi connectivity index (χ1) is 10.8. The van der Waals surface area contributed by atoms with E-state index in [2.05, 4.69) is 0 Å². The van der Waals surface area contributed by atoms with Gasteiger partial charge in [0, 0.05) is 0 Å². The van der Waals surface area contributed by atoms with Crippen molar-refractivity contribution < 1.29 is 24.5 Å². The number of thioether (sulfide) groups is 1. The standard InChI is InChI=1S/C14H12ClNO5S2/c1-2-21-9-4-7(3-8(15)12(9)19)5-10-13(20)16(6-11(17)18)14(22)23-10/h3-5,19H,2,6H2,1H3,(H,17,18)/b10-5-. The molecule has 0 unspecified atom stereocenters. The van der Waals surface area contributed by atoms with Crippen LogP contribution in [0.5, 0.6) is 11.5 Å². The first-order valence-electron chi connectivity index (χ1n) is 6.46. The van der Waals surface area contributed by atoms with Crippen molar-refractivity contribution in [2.75, 3.05) is 13.2 Å². The Morgan fingerprint density at radius 2 is 2.22 bits per heavy atom. The van der Waals surface area contributed by atoms with Crippen LogP contribution in [-0.2, 0) is 9.59 Å². The number of thiocarbonyl (C=S) groups is 1. The smallest absolute Gasteiger partial charge is 0.323 e. The van der Waals surface area contributed by atoms with Crippen LogP contribution in [0.25, 0.3) is 6.08 Å². The molecule has 1 amide bonds. The molecule has 23 heavy (non-hydrogen) atoms. The number of hydrogen-bond donors (Lipinski definition) is 2. The first kappa shape index (κ1) is 17.6. The van der Waals surface area contributed by atoms with Crippen molar-refractivity contribution in [1.82, 2.24) is 4.90 Å². The quantitative estimate of drug-likeness (QED) is 0.606. The number of hydrogen-bond acceptors (Lipinski definition) is 6. The minimum absolute atomic E-state index is 0.0863. The van der Waals surface area contributed by atoms with Crippen LogP contribution in [0.15, 0.2) is 17.0 Å². The molecule has 0 spiro atoms. The molecule has 1 fully saturated rings. The normalized spacial score (nSPS) is 16.3. The first-order valence-corrected chi connectivity index (χ1v) is 8.06. The molecule has 122 valence electrons. The number of rotatable bonds is 5. The van der Waals surface area contributed by atoms with Crippen molar-refractivity contribution in [3.05, 3.63) is 27.6 Å². The number of benzene rings is 1. The lowest BCUT2D eigenvalue weighted by atomic mass is 10.2. The highest BCUT2D eigenvalue weighted by atomic mass is 35.5. The lowest BCUT2D eigenvalue weighted by Crippen LogP contribution is -2.33. The molecule has 6 nitrogen and oxygen atoms in total. The maximum Gasteiger partial charge on any atom is 0.323 e. The molecule has 9 heteroatoms. The van der Waals surface area contributed by atoms with Crippen molar-refractivity contribution in [2.24, 2.45) is 0 Å². The van der Waals surface area contributed by atoms with Crippen LogP contribution < -0.4 is 4.74 Å². The monoisotopic (exact) mass is 373 g/mol. The zero-order valence-corrected chi connectivity index (χ0v) is 14.3. The molecule has 1 aromatic rings. The van der Waals surface area contributed by atoms with Gasteiger partial charge in [0.15, 0.2) is 11.5 Å². The summed E-state index contributed by atoms with van der Waals surface area (Å²) < 4.78 is 5.45. The molecule has 1 aromatic carbocycles. The summed E-state index contributed by atoms with van der Waals surface area (Å²) >= 11 is 12.0. The maximum absolute atomic E-state index is 12.2. The molecule has 2 N–H and O–H groups in total. The van der Waals surface area contributed by atoms with E-state index in [9.17, 15) is 14.7 Å². The topological polar surface area (TPSA) is 87.1 Å². The number of aromatic hydroxyl groups is 1. The van der Waals surface area contributed by atoms with E-state index >= 15 is 0 Å². The van der Waals surface area contributed by atoms with Gasteiger partial charge in [-0.25, -0.2) is 0 Å². The average Bonchev–Trinajstić information content (AvgIpc) is 2.72. The number of carbonyl (C=O) groups excluding carboxylic acids is 1. The number of carbonyl (C=O) groups is 2. The predicted molar refractivity (Wildman–Crippen MR) is 91.8 cm³/mol. The lowest BCUT2D eigenvalue weighted by molar-refractivity contribution is -0.140. The van der Waals surface area contributed by atoms with Gasteiger partial charge in [-0.05, 0) is 30.7 Å². The summed E-state index contributed by atoms with van der Waals surface area (Å²) in [6.07, 6.45) is 1.52. The van der Waals surface area contributed by atoms with Crippen LogP contribution in [-0.4, -0.2) is 44.5 Å². The SMILES string of the molecule is CCOc1cc(/C=C2\SC(=S)N(CC(=O)O)C2=O)cc(Cl)c1O. The number of carboxylic acids is 1. The van der Waals surface area contributed by atoms with Gasteiger partial charge in [0.25, 0.3) is 5.91 Å². The highest BCUT2D eigenvalue weighted by Gasteiger charge is 2.33. The largest absolute Gasteiger partial charge is 0.503 e. The van der Waals surface area contributed by atoms with Crippen LogP contribution in [0.1, 0.15) is 12.5 Å². The second-order valence-corrected chi connectivity index (χ2v) is 6.53. The molecule has 0 radical (unpaired) electrons. The number of aliphatic carboxylic acids is 1. The molecular weight excluding hydrogens is 362 g/mol. The zero-order valence-electron chi connectivity index (χ0n) is 11.9. The van der Waals surface area contributed by atoms with E-state index in [1.54, 1.807) is 6.92 Å². The van der Waals surface area contributed by atoms with Crippen molar-refractivity contribution >= 4 is 57.9 Å². The van der Waals surface area contributed by atoms with E-state index in [1.807, 2.05) is 0 Å². The van der Waals surface area contributed by atoms with E-state index < -0.39 is 18.4 Å². The Morgan fingerprint density at radius 1 is 1.52 bits per heavy atom. The zero-order chi connectivity index (χ0) is 17.1. The third kappa shape index (κ3) is 3.95. The minimum Gasteiger partial charge on any atom is -0.503 e. The van der Waals surface area contributed by atoms with Gasteiger partial charge < -0.3 is 14.9 Å². The second kappa shape index (κ2) is 7.20. The fraction of sp³-hybridized carbons (Fsp3) is 0.214. The summed E-state index contributed by atoms with van der Waals surface area (Å²) in [5.74, 6) is -1.60. The molecule has 1 aliphatic heterocycles. The summed E-state index contributed by atoms with van der Waals surface area (Å²) in [4.78, 5) is 24.2. The Morgan fingerprint density at radius 3 is 2.83 bits per heavy atom. The van der Waals surface area contributed by atoms with Crippen molar-refractivity contribution in [3.63, 3.8) is 0 Å². The van der Waals surface area contributed by atoms with Gasteiger partial charge in [-0.2, -0.15) is 0 Å². The van der Waals surface area contributed by atoms with E-state index in [1.165, 1.54) is 18.2 Å². The molecule has 0 saturated carbocycles. The molecule has 1 heterocycles. The molecular formula is C14H12ClNO5S2. The average molecular weight is 374 g/mol. The Labute approximate surface area is 146 Å². The summed E-state index contributed by atoms with van der Waals surface area (Å²) in [6.45, 7) is 1.62. The fourth-order valence-corrected chi connectivity index (χ4v) is 3.34. The van der Waals surface area contributed by atoms with Gasteiger partial charge in [-0.3, -0.25) is 14.5 Å². The number of carboxylic acid groups (broad SMARTS) is 1. The number of halogens is 1. The number of phenols is 1. The van der Waals surface area contributed by atoms with E-state index in [0.717, 1.165) is 16.7 Å². The molecule has 0 atom stereocenters. The number of nitrogens with zero attached hydrogens (tertiary/aromatic N) is 1. The van der Waals surface area contributed by atoms with E-state index in [4.69, 9.17) is 33.7 Å². The van der Waals surface area contributed by atoms with Gasteiger partial charge in [0.1, 0.15) is 10.9 Å². The Hall–Kier alpha value is -1.77. The molecule has 2 rings (SSSR count). The predicted octanol–water partition coefficient (Wildman–Crippen LogP) is 2.73. The summed E-state index contributed by atoms with van der Waals surface area (Å²) in [5.41, 5.74) is 0.534. The third-order valence-electron chi connectivity index (χ3n) is 2.82. The summed E-state index contributed by atoms with van der Waals surface area (Å²) in [6, 6.07) is 3.01. The summed E-state index contributed by atoms with van der Waals surface area (Å²) in [7, 11) is 0.